The number of nitrogens with one attached hydrogen (secondary N) is 1. The molecule has 0 saturated carbocycles. The molecule has 1 heterocycles. The molecule has 0 unspecified atom stereocenters. The zero-order valence-electron chi connectivity index (χ0n) is 10.9. The Hall–Kier alpha value is -0.430. The predicted octanol–water partition coefficient (Wildman–Crippen LogP) is 2.41. The molecule has 18 heavy (non-hydrogen) atoms. The highest BCUT2D eigenvalue weighted by molar-refractivity contribution is 7.89. The minimum Gasteiger partial charge on any atom is -0.391 e. The summed E-state index contributed by atoms with van der Waals surface area (Å²) in [7, 11) is -3.48. The van der Waals surface area contributed by atoms with Gasteiger partial charge in [-0.15, -0.1) is 11.3 Å². The summed E-state index contributed by atoms with van der Waals surface area (Å²) in [5.74, 6) is 0. The van der Waals surface area contributed by atoms with Gasteiger partial charge in [0.05, 0.1) is 11.5 Å². The molecule has 2 N–H and O–H groups in total. The number of thiophene rings is 1. The van der Waals surface area contributed by atoms with E-state index in [0.717, 1.165) is 25.7 Å². The van der Waals surface area contributed by atoms with Gasteiger partial charge in [0.2, 0.25) is 10.0 Å². The zero-order valence-corrected chi connectivity index (χ0v) is 12.5. The van der Waals surface area contributed by atoms with E-state index >= 15 is 0 Å². The van der Waals surface area contributed by atoms with E-state index in [2.05, 4.69) is 11.6 Å². The largest absolute Gasteiger partial charge is 0.391 e. The summed E-state index contributed by atoms with van der Waals surface area (Å²) in [5, 5.41) is 10.9. The van der Waals surface area contributed by atoms with Crippen LogP contribution in [0.5, 0.6) is 0 Å². The van der Waals surface area contributed by atoms with E-state index in [0.29, 0.717) is 17.0 Å². The van der Waals surface area contributed by atoms with Gasteiger partial charge in [-0.05, 0) is 24.3 Å². The standard InChI is InChI=1S/C12H21NO3S2/c1-3-4-5-6-7-13-18(15,16)12-10(2)9-17-11(12)8-14/h9,13-14H,3-8H2,1-2H3. The first-order valence-electron chi connectivity index (χ1n) is 6.20. The molecule has 1 rings (SSSR count). The molecule has 0 aliphatic rings. The van der Waals surface area contributed by atoms with Crippen molar-refractivity contribution in [1.82, 2.24) is 4.72 Å². The van der Waals surface area contributed by atoms with Gasteiger partial charge in [0.1, 0.15) is 4.90 Å². The van der Waals surface area contributed by atoms with Crippen LogP contribution in [0, 0.1) is 6.92 Å². The molecular formula is C12H21NO3S2. The van der Waals surface area contributed by atoms with Crippen LogP contribution in [0.2, 0.25) is 0 Å². The molecule has 0 fully saturated rings. The number of hydrogen-bond acceptors (Lipinski definition) is 4. The van der Waals surface area contributed by atoms with Crippen molar-refractivity contribution in [3.63, 3.8) is 0 Å². The summed E-state index contributed by atoms with van der Waals surface area (Å²) < 4.78 is 26.8. The Balaban J connectivity index is 2.65. The molecule has 1 aromatic heterocycles. The third-order valence-electron chi connectivity index (χ3n) is 2.72. The van der Waals surface area contributed by atoms with Gasteiger partial charge in [0.25, 0.3) is 0 Å². The second-order valence-corrected chi connectivity index (χ2v) is 6.96. The highest BCUT2D eigenvalue weighted by Crippen LogP contribution is 2.26. The Bertz CT molecular complexity index is 466. The third-order valence-corrected chi connectivity index (χ3v) is 5.63. The van der Waals surface area contributed by atoms with Crippen molar-refractivity contribution < 1.29 is 13.5 Å². The van der Waals surface area contributed by atoms with Crippen LogP contribution in [-0.2, 0) is 16.6 Å². The summed E-state index contributed by atoms with van der Waals surface area (Å²) in [6, 6.07) is 0. The second kappa shape index (κ2) is 7.23. The van der Waals surface area contributed by atoms with Crippen LogP contribution < -0.4 is 4.72 Å². The van der Waals surface area contributed by atoms with E-state index < -0.39 is 10.0 Å². The van der Waals surface area contributed by atoms with E-state index in [4.69, 9.17) is 5.11 Å². The molecule has 0 radical (unpaired) electrons. The first kappa shape index (κ1) is 15.6. The molecule has 1 aromatic rings. The average Bonchev–Trinajstić information content (AvgIpc) is 2.71. The smallest absolute Gasteiger partial charge is 0.242 e. The van der Waals surface area contributed by atoms with E-state index in [-0.39, 0.29) is 11.5 Å². The lowest BCUT2D eigenvalue weighted by Crippen LogP contribution is -2.25. The van der Waals surface area contributed by atoms with Crippen molar-refractivity contribution in [3.8, 4) is 0 Å². The van der Waals surface area contributed by atoms with E-state index in [9.17, 15) is 8.42 Å². The number of hydrogen-bond donors (Lipinski definition) is 2. The molecule has 0 saturated heterocycles. The molecular weight excluding hydrogens is 270 g/mol. The third kappa shape index (κ3) is 4.05. The molecule has 0 aliphatic heterocycles. The van der Waals surface area contributed by atoms with Crippen LogP contribution in [-0.4, -0.2) is 20.1 Å². The van der Waals surface area contributed by atoms with E-state index in [1.54, 1.807) is 12.3 Å². The maximum atomic E-state index is 12.1. The summed E-state index contributed by atoms with van der Waals surface area (Å²) in [6.45, 7) is 4.10. The Morgan fingerprint density at radius 1 is 1.33 bits per heavy atom. The van der Waals surface area contributed by atoms with Crippen LogP contribution in [0.3, 0.4) is 0 Å². The summed E-state index contributed by atoms with van der Waals surface area (Å²) in [5.41, 5.74) is 0.699. The van der Waals surface area contributed by atoms with E-state index in [1.165, 1.54) is 11.3 Å². The number of aryl methyl sites for hydroxylation is 1. The minimum atomic E-state index is -3.48. The lowest BCUT2D eigenvalue weighted by molar-refractivity contribution is 0.282. The molecule has 4 nitrogen and oxygen atoms in total. The SMILES string of the molecule is CCCCCCNS(=O)(=O)c1c(C)csc1CO. The monoisotopic (exact) mass is 291 g/mol. The highest BCUT2D eigenvalue weighted by atomic mass is 32.2. The van der Waals surface area contributed by atoms with Gasteiger partial charge in [-0.25, -0.2) is 13.1 Å². The lowest BCUT2D eigenvalue weighted by Gasteiger charge is -2.08. The normalized spacial score (nSPS) is 11.9. The lowest BCUT2D eigenvalue weighted by atomic mass is 10.2. The van der Waals surface area contributed by atoms with Crippen LogP contribution >= 0.6 is 11.3 Å². The maximum absolute atomic E-state index is 12.1. The van der Waals surface area contributed by atoms with Crippen molar-refractivity contribution >= 4 is 21.4 Å². The number of aliphatic hydroxyl groups excluding tert-OH is 1. The number of aliphatic hydroxyl groups is 1. The Morgan fingerprint density at radius 3 is 2.67 bits per heavy atom. The molecule has 0 aliphatic carbocycles. The van der Waals surface area contributed by atoms with E-state index in [1.807, 2.05) is 0 Å². The molecule has 0 amide bonds. The van der Waals surface area contributed by atoms with Gasteiger partial charge in [0.15, 0.2) is 0 Å². The van der Waals surface area contributed by atoms with Crippen LogP contribution in [0.4, 0.5) is 0 Å². The van der Waals surface area contributed by atoms with Crippen LogP contribution in [0.15, 0.2) is 10.3 Å². The Kier molecular flexibility index (Phi) is 6.28. The van der Waals surface area contributed by atoms with Crippen molar-refractivity contribution in [1.29, 1.82) is 0 Å². The van der Waals surface area contributed by atoms with Crippen molar-refractivity contribution in [3.05, 3.63) is 15.8 Å². The van der Waals surface area contributed by atoms with Crippen molar-refractivity contribution in [2.24, 2.45) is 0 Å². The van der Waals surface area contributed by atoms with Crippen LogP contribution in [0.25, 0.3) is 0 Å². The molecule has 0 spiro atoms. The molecule has 0 bridgehead atoms. The fourth-order valence-electron chi connectivity index (χ4n) is 1.79. The van der Waals surface area contributed by atoms with Crippen molar-refractivity contribution in [2.45, 2.75) is 51.0 Å². The molecule has 0 atom stereocenters. The fraction of sp³-hybridized carbons (Fsp3) is 0.667. The number of sulfonamides is 1. The van der Waals surface area contributed by atoms with Gasteiger partial charge < -0.3 is 5.11 Å². The summed E-state index contributed by atoms with van der Waals surface area (Å²) in [6.07, 6.45) is 4.14. The fourth-order valence-corrected chi connectivity index (χ4v) is 4.52. The quantitative estimate of drug-likeness (QED) is 0.723. The molecule has 6 heteroatoms. The summed E-state index contributed by atoms with van der Waals surface area (Å²) >= 11 is 1.28. The highest BCUT2D eigenvalue weighted by Gasteiger charge is 2.21. The Morgan fingerprint density at radius 2 is 2.06 bits per heavy atom. The van der Waals surface area contributed by atoms with Gasteiger partial charge in [0, 0.05) is 6.54 Å². The topological polar surface area (TPSA) is 66.4 Å². The minimum absolute atomic E-state index is 0.232. The molecule has 0 aromatic carbocycles. The van der Waals surface area contributed by atoms with Gasteiger partial charge in [-0.1, -0.05) is 26.2 Å². The van der Waals surface area contributed by atoms with Gasteiger partial charge in [-0.2, -0.15) is 0 Å². The average molecular weight is 291 g/mol. The summed E-state index contributed by atoms with van der Waals surface area (Å²) in [4.78, 5) is 0.763. The number of rotatable bonds is 8. The maximum Gasteiger partial charge on any atom is 0.242 e. The Labute approximate surface area is 113 Å². The number of unbranched alkanes of at least 4 members (excludes halogenated alkanes) is 3. The van der Waals surface area contributed by atoms with Gasteiger partial charge >= 0.3 is 0 Å². The second-order valence-electron chi connectivity index (χ2n) is 4.29. The van der Waals surface area contributed by atoms with Gasteiger partial charge in [-0.3, -0.25) is 0 Å². The first-order chi connectivity index (χ1) is 8.53. The molecule has 104 valence electrons. The predicted molar refractivity (Wildman–Crippen MR) is 74.3 cm³/mol. The van der Waals surface area contributed by atoms with Crippen molar-refractivity contribution in [2.75, 3.05) is 6.54 Å². The first-order valence-corrected chi connectivity index (χ1v) is 8.56. The van der Waals surface area contributed by atoms with Crippen LogP contribution in [0.1, 0.15) is 43.0 Å². The zero-order chi connectivity index (χ0) is 13.6.